The number of primary amides is 1. The van der Waals surface area contributed by atoms with Crippen LogP contribution in [0.2, 0.25) is 0 Å². The number of rotatable bonds is 9. The molecule has 0 aliphatic heterocycles. The van der Waals surface area contributed by atoms with Gasteiger partial charge >= 0.3 is 12.1 Å². The molecule has 0 aromatic heterocycles. The molecule has 0 heterocycles. The molecule has 0 aliphatic carbocycles. The normalized spacial score (nSPS) is 11.3. The fraction of sp³-hybridized carbons (Fsp3) is 0.438. The molecule has 0 unspecified atom stereocenters. The van der Waals surface area contributed by atoms with E-state index in [2.05, 4.69) is 5.32 Å². The highest BCUT2D eigenvalue weighted by molar-refractivity contribution is 5.84. The van der Waals surface area contributed by atoms with Crippen LogP contribution in [0, 0.1) is 0 Å². The first-order chi connectivity index (χ1) is 11.0. The predicted octanol–water partition coefficient (Wildman–Crippen LogP) is 1.50. The minimum absolute atomic E-state index is 0.0639. The van der Waals surface area contributed by atoms with Gasteiger partial charge in [0.1, 0.15) is 19.3 Å². The van der Waals surface area contributed by atoms with Crippen LogP contribution in [0.4, 0.5) is 4.79 Å². The van der Waals surface area contributed by atoms with E-state index in [-0.39, 0.29) is 19.6 Å². The van der Waals surface area contributed by atoms with Gasteiger partial charge in [0.2, 0.25) is 5.91 Å². The van der Waals surface area contributed by atoms with Gasteiger partial charge in [-0.2, -0.15) is 0 Å². The molecule has 3 N–H and O–H groups in total. The van der Waals surface area contributed by atoms with Crippen molar-refractivity contribution in [3.05, 3.63) is 35.9 Å². The lowest BCUT2D eigenvalue weighted by molar-refractivity contribution is -0.145. The van der Waals surface area contributed by atoms with Crippen LogP contribution in [0.15, 0.2) is 30.3 Å². The summed E-state index contributed by atoms with van der Waals surface area (Å²) in [6.45, 7) is 1.70. The number of carbonyl (C=O) groups excluding carboxylic acids is 3. The maximum atomic E-state index is 11.7. The molecular formula is C16H22N2O5. The van der Waals surface area contributed by atoms with Crippen molar-refractivity contribution in [2.45, 2.75) is 38.8 Å². The van der Waals surface area contributed by atoms with Crippen molar-refractivity contribution in [1.82, 2.24) is 5.32 Å². The third kappa shape index (κ3) is 7.85. The molecule has 0 aliphatic rings. The van der Waals surface area contributed by atoms with Crippen LogP contribution in [-0.2, 0) is 25.7 Å². The molecule has 7 heteroatoms. The Balaban J connectivity index is 2.38. The molecule has 0 saturated carbocycles. The van der Waals surface area contributed by atoms with Gasteiger partial charge in [-0.25, -0.2) is 4.79 Å². The SMILES string of the molecule is CCCCC(=O)OC[C@H](NC(=O)OCc1ccccc1)C(N)=O. The number of benzene rings is 1. The largest absolute Gasteiger partial charge is 0.463 e. The zero-order chi connectivity index (χ0) is 17.1. The highest BCUT2D eigenvalue weighted by Crippen LogP contribution is 2.01. The summed E-state index contributed by atoms with van der Waals surface area (Å²) in [6.07, 6.45) is 1.02. The maximum absolute atomic E-state index is 11.7. The summed E-state index contributed by atoms with van der Waals surface area (Å²) in [7, 11) is 0. The van der Waals surface area contributed by atoms with Gasteiger partial charge in [-0.05, 0) is 12.0 Å². The number of hydrogen-bond donors (Lipinski definition) is 2. The Bertz CT molecular complexity index is 518. The van der Waals surface area contributed by atoms with E-state index >= 15 is 0 Å². The Labute approximate surface area is 135 Å². The van der Waals surface area contributed by atoms with Gasteiger partial charge in [0.05, 0.1) is 0 Å². The van der Waals surface area contributed by atoms with Crippen LogP contribution in [0.1, 0.15) is 31.7 Å². The minimum Gasteiger partial charge on any atom is -0.463 e. The molecule has 23 heavy (non-hydrogen) atoms. The molecule has 1 atom stereocenters. The summed E-state index contributed by atoms with van der Waals surface area (Å²) < 4.78 is 9.90. The average molecular weight is 322 g/mol. The van der Waals surface area contributed by atoms with Crippen molar-refractivity contribution in [1.29, 1.82) is 0 Å². The van der Waals surface area contributed by atoms with Gasteiger partial charge in [-0.1, -0.05) is 43.7 Å². The minimum atomic E-state index is -1.12. The molecule has 0 fully saturated rings. The smallest absolute Gasteiger partial charge is 0.408 e. The van der Waals surface area contributed by atoms with Crippen LogP contribution in [0.25, 0.3) is 0 Å². The highest BCUT2D eigenvalue weighted by atomic mass is 16.6. The van der Waals surface area contributed by atoms with Gasteiger partial charge < -0.3 is 20.5 Å². The van der Waals surface area contributed by atoms with Crippen molar-refractivity contribution < 1.29 is 23.9 Å². The van der Waals surface area contributed by atoms with Crippen LogP contribution in [-0.4, -0.2) is 30.6 Å². The molecule has 1 rings (SSSR count). The number of hydrogen-bond acceptors (Lipinski definition) is 5. The number of carbonyl (C=O) groups is 3. The highest BCUT2D eigenvalue weighted by Gasteiger charge is 2.20. The summed E-state index contributed by atoms with van der Waals surface area (Å²) in [6, 6.07) is 7.96. The fourth-order valence-corrected chi connectivity index (χ4v) is 1.67. The molecule has 7 nitrogen and oxygen atoms in total. The monoisotopic (exact) mass is 322 g/mol. The van der Waals surface area contributed by atoms with E-state index in [1.807, 2.05) is 25.1 Å². The van der Waals surface area contributed by atoms with Crippen molar-refractivity contribution in [3.63, 3.8) is 0 Å². The van der Waals surface area contributed by atoms with Crippen LogP contribution >= 0.6 is 0 Å². The molecule has 0 saturated heterocycles. The number of nitrogens with one attached hydrogen (secondary N) is 1. The summed E-state index contributed by atoms with van der Waals surface area (Å²) in [4.78, 5) is 34.4. The number of alkyl carbamates (subject to hydrolysis) is 1. The van der Waals surface area contributed by atoms with Gasteiger partial charge in [0.15, 0.2) is 0 Å². The van der Waals surface area contributed by atoms with Gasteiger partial charge in [-0.15, -0.1) is 0 Å². The second kappa shape index (κ2) is 10.2. The van der Waals surface area contributed by atoms with Crippen LogP contribution in [0.3, 0.4) is 0 Å². The lowest BCUT2D eigenvalue weighted by atomic mass is 10.2. The fourth-order valence-electron chi connectivity index (χ4n) is 1.67. The van der Waals surface area contributed by atoms with E-state index in [9.17, 15) is 14.4 Å². The number of nitrogens with two attached hydrogens (primary N) is 1. The first-order valence-corrected chi connectivity index (χ1v) is 7.45. The molecule has 126 valence electrons. The predicted molar refractivity (Wildman–Crippen MR) is 83.2 cm³/mol. The zero-order valence-corrected chi connectivity index (χ0v) is 13.1. The van der Waals surface area contributed by atoms with Gasteiger partial charge in [-0.3, -0.25) is 9.59 Å². The standard InChI is InChI=1S/C16H22N2O5/c1-2-3-9-14(19)22-11-13(15(17)20)18-16(21)23-10-12-7-5-4-6-8-12/h4-8,13H,2-3,9-11H2,1H3,(H2,17,20)(H,18,21)/t13-/m0/s1. The zero-order valence-electron chi connectivity index (χ0n) is 13.1. The summed E-state index contributed by atoms with van der Waals surface area (Å²) in [5.74, 6) is -1.23. The van der Waals surface area contributed by atoms with Crippen LogP contribution in [0.5, 0.6) is 0 Å². The lowest BCUT2D eigenvalue weighted by Crippen LogP contribution is -2.47. The second-order valence-corrected chi connectivity index (χ2v) is 4.95. The van der Waals surface area contributed by atoms with Crippen molar-refractivity contribution in [3.8, 4) is 0 Å². The Morgan fingerprint density at radius 1 is 1.17 bits per heavy atom. The Morgan fingerprint density at radius 2 is 1.87 bits per heavy atom. The van der Waals surface area contributed by atoms with E-state index in [1.54, 1.807) is 12.1 Å². The third-order valence-electron chi connectivity index (χ3n) is 2.99. The van der Waals surface area contributed by atoms with Crippen LogP contribution < -0.4 is 11.1 Å². The summed E-state index contributed by atoms with van der Waals surface area (Å²) >= 11 is 0. The maximum Gasteiger partial charge on any atom is 0.408 e. The Kier molecular flexibility index (Phi) is 8.20. The van der Waals surface area contributed by atoms with Crippen molar-refractivity contribution in [2.24, 2.45) is 5.73 Å². The Hall–Kier alpha value is -2.57. The van der Waals surface area contributed by atoms with E-state index in [0.717, 1.165) is 12.0 Å². The number of ether oxygens (including phenoxy) is 2. The topological polar surface area (TPSA) is 108 Å². The first kappa shape index (κ1) is 18.5. The number of esters is 1. The van der Waals surface area contributed by atoms with Crippen molar-refractivity contribution in [2.75, 3.05) is 6.61 Å². The molecule has 0 bridgehead atoms. The van der Waals surface area contributed by atoms with E-state index in [1.165, 1.54) is 0 Å². The number of amides is 2. The van der Waals surface area contributed by atoms with Gasteiger partial charge in [0.25, 0.3) is 0 Å². The molecule has 1 aromatic carbocycles. The van der Waals surface area contributed by atoms with E-state index in [4.69, 9.17) is 15.2 Å². The molecule has 0 radical (unpaired) electrons. The van der Waals surface area contributed by atoms with Crippen molar-refractivity contribution >= 4 is 18.0 Å². The third-order valence-corrected chi connectivity index (χ3v) is 2.99. The summed E-state index contributed by atoms with van der Waals surface area (Å²) in [5.41, 5.74) is 5.99. The molecule has 2 amide bonds. The lowest BCUT2D eigenvalue weighted by Gasteiger charge is -2.15. The molecular weight excluding hydrogens is 300 g/mol. The molecule has 1 aromatic rings. The first-order valence-electron chi connectivity index (χ1n) is 7.45. The molecule has 0 spiro atoms. The van der Waals surface area contributed by atoms with Gasteiger partial charge in [0, 0.05) is 6.42 Å². The van der Waals surface area contributed by atoms with E-state index < -0.39 is 24.0 Å². The quantitative estimate of drug-likeness (QED) is 0.670. The Morgan fingerprint density at radius 3 is 2.48 bits per heavy atom. The number of unbranched alkanes of at least 4 members (excludes halogenated alkanes) is 1. The van der Waals surface area contributed by atoms with E-state index in [0.29, 0.717) is 6.42 Å². The second-order valence-electron chi connectivity index (χ2n) is 4.95. The summed E-state index contributed by atoms with van der Waals surface area (Å²) in [5, 5.41) is 2.29. The average Bonchev–Trinajstić information content (AvgIpc) is 2.55.